The zero-order valence-corrected chi connectivity index (χ0v) is 10.6. The molecule has 1 heterocycles. The van der Waals surface area contributed by atoms with Crippen molar-refractivity contribution in [2.45, 2.75) is 26.8 Å². The fourth-order valence-electron chi connectivity index (χ4n) is 1.83. The standard InChI is InChI=1S/C13H23N3/c1-4-13(2,10-14)11-16(3)9-12-5-7-15-8-6-12/h5-8H,4,9-11,14H2,1-3H3. The summed E-state index contributed by atoms with van der Waals surface area (Å²) in [6.45, 7) is 7.17. The summed E-state index contributed by atoms with van der Waals surface area (Å²) < 4.78 is 0. The van der Waals surface area contributed by atoms with E-state index in [0.717, 1.165) is 26.1 Å². The Morgan fingerprint density at radius 3 is 2.50 bits per heavy atom. The molecule has 0 aliphatic carbocycles. The Hall–Kier alpha value is -0.930. The first-order chi connectivity index (χ1) is 7.59. The Morgan fingerprint density at radius 1 is 1.38 bits per heavy atom. The van der Waals surface area contributed by atoms with Crippen molar-refractivity contribution in [1.29, 1.82) is 0 Å². The molecule has 2 N–H and O–H groups in total. The Kier molecular flexibility index (Phi) is 4.90. The molecule has 1 aromatic heterocycles. The third-order valence-corrected chi connectivity index (χ3v) is 3.20. The molecule has 0 saturated carbocycles. The van der Waals surface area contributed by atoms with Gasteiger partial charge in [-0.1, -0.05) is 13.8 Å². The molecule has 0 aromatic carbocycles. The highest BCUT2D eigenvalue weighted by atomic mass is 15.1. The van der Waals surface area contributed by atoms with Crippen LogP contribution in [-0.4, -0.2) is 30.0 Å². The molecule has 0 aliphatic rings. The van der Waals surface area contributed by atoms with Gasteiger partial charge in [-0.15, -0.1) is 0 Å². The van der Waals surface area contributed by atoms with E-state index in [9.17, 15) is 0 Å². The van der Waals surface area contributed by atoms with E-state index in [2.05, 4.69) is 42.9 Å². The molecule has 1 unspecified atom stereocenters. The maximum atomic E-state index is 5.82. The van der Waals surface area contributed by atoms with Gasteiger partial charge in [0, 0.05) is 25.5 Å². The van der Waals surface area contributed by atoms with E-state index in [-0.39, 0.29) is 5.41 Å². The number of pyridine rings is 1. The molecule has 1 atom stereocenters. The number of nitrogens with two attached hydrogens (primary N) is 1. The van der Waals surface area contributed by atoms with E-state index in [1.807, 2.05) is 12.4 Å². The van der Waals surface area contributed by atoms with Crippen molar-refractivity contribution in [1.82, 2.24) is 9.88 Å². The number of hydrogen-bond acceptors (Lipinski definition) is 3. The molecule has 90 valence electrons. The average Bonchev–Trinajstić information content (AvgIpc) is 2.30. The summed E-state index contributed by atoms with van der Waals surface area (Å²) >= 11 is 0. The molecule has 0 fully saturated rings. The summed E-state index contributed by atoms with van der Waals surface area (Å²) in [7, 11) is 2.14. The van der Waals surface area contributed by atoms with Crippen LogP contribution in [0.1, 0.15) is 25.8 Å². The second-order valence-electron chi connectivity index (χ2n) is 4.90. The molecule has 0 bridgehead atoms. The minimum absolute atomic E-state index is 0.224. The Morgan fingerprint density at radius 2 is 2.00 bits per heavy atom. The lowest BCUT2D eigenvalue weighted by Gasteiger charge is -2.31. The third kappa shape index (κ3) is 3.91. The van der Waals surface area contributed by atoms with Crippen molar-refractivity contribution in [2.75, 3.05) is 20.1 Å². The minimum Gasteiger partial charge on any atom is -0.330 e. The summed E-state index contributed by atoms with van der Waals surface area (Å²) in [5.41, 5.74) is 7.35. The van der Waals surface area contributed by atoms with Gasteiger partial charge in [-0.2, -0.15) is 0 Å². The Labute approximate surface area is 98.7 Å². The molecule has 16 heavy (non-hydrogen) atoms. The van der Waals surface area contributed by atoms with E-state index in [0.29, 0.717) is 0 Å². The van der Waals surface area contributed by atoms with Crippen LogP contribution in [0.4, 0.5) is 0 Å². The van der Waals surface area contributed by atoms with Crippen LogP contribution < -0.4 is 5.73 Å². The smallest absolute Gasteiger partial charge is 0.0271 e. The highest BCUT2D eigenvalue weighted by molar-refractivity contribution is 5.09. The molecule has 3 nitrogen and oxygen atoms in total. The van der Waals surface area contributed by atoms with Crippen molar-refractivity contribution >= 4 is 0 Å². The zero-order valence-electron chi connectivity index (χ0n) is 10.6. The lowest BCUT2D eigenvalue weighted by Crippen LogP contribution is -2.38. The van der Waals surface area contributed by atoms with Gasteiger partial charge in [0.2, 0.25) is 0 Å². The molecule has 0 aliphatic heterocycles. The van der Waals surface area contributed by atoms with E-state index < -0.39 is 0 Å². The lowest BCUT2D eigenvalue weighted by atomic mass is 9.87. The molecule has 3 heteroatoms. The van der Waals surface area contributed by atoms with Crippen LogP contribution in [0, 0.1) is 5.41 Å². The zero-order chi connectivity index (χ0) is 12.0. The summed E-state index contributed by atoms with van der Waals surface area (Å²) in [6.07, 6.45) is 4.79. The number of aromatic nitrogens is 1. The van der Waals surface area contributed by atoms with E-state index >= 15 is 0 Å². The molecule has 1 rings (SSSR count). The molecular formula is C13H23N3. The largest absolute Gasteiger partial charge is 0.330 e. The fourth-order valence-corrected chi connectivity index (χ4v) is 1.83. The van der Waals surface area contributed by atoms with Crippen molar-refractivity contribution in [2.24, 2.45) is 11.1 Å². The molecule has 0 spiro atoms. The SMILES string of the molecule is CCC(C)(CN)CN(C)Cc1ccncc1. The van der Waals surface area contributed by atoms with Gasteiger partial charge in [0.15, 0.2) is 0 Å². The van der Waals surface area contributed by atoms with Crippen LogP contribution in [0.5, 0.6) is 0 Å². The summed E-state index contributed by atoms with van der Waals surface area (Å²) in [6, 6.07) is 4.12. The monoisotopic (exact) mass is 221 g/mol. The quantitative estimate of drug-likeness (QED) is 0.797. The molecular weight excluding hydrogens is 198 g/mol. The van der Waals surface area contributed by atoms with Crippen LogP contribution in [-0.2, 0) is 6.54 Å². The Bertz CT molecular complexity index is 293. The normalized spacial score (nSPS) is 15.1. The van der Waals surface area contributed by atoms with E-state index in [4.69, 9.17) is 5.73 Å². The molecule has 0 radical (unpaired) electrons. The van der Waals surface area contributed by atoms with Gasteiger partial charge in [0.05, 0.1) is 0 Å². The topological polar surface area (TPSA) is 42.1 Å². The summed E-state index contributed by atoms with van der Waals surface area (Å²) in [4.78, 5) is 6.35. The van der Waals surface area contributed by atoms with Gasteiger partial charge in [-0.3, -0.25) is 4.98 Å². The number of nitrogens with zero attached hydrogens (tertiary/aromatic N) is 2. The summed E-state index contributed by atoms with van der Waals surface area (Å²) in [5, 5.41) is 0. The predicted molar refractivity (Wildman–Crippen MR) is 68.0 cm³/mol. The van der Waals surface area contributed by atoms with Crippen molar-refractivity contribution in [3.05, 3.63) is 30.1 Å². The first-order valence-electron chi connectivity index (χ1n) is 5.87. The van der Waals surface area contributed by atoms with Gasteiger partial charge in [-0.25, -0.2) is 0 Å². The van der Waals surface area contributed by atoms with Gasteiger partial charge in [-0.05, 0) is 43.1 Å². The van der Waals surface area contributed by atoms with Gasteiger partial charge < -0.3 is 10.6 Å². The molecule has 0 saturated heterocycles. The lowest BCUT2D eigenvalue weighted by molar-refractivity contribution is 0.186. The van der Waals surface area contributed by atoms with E-state index in [1.54, 1.807) is 0 Å². The van der Waals surface area contributed by atoms with Crippen molar-refractivity contribution in [3.63, 3.8) is 0 Å². The van der Waals surface area contributed by atoms with Gasteiger partial charge in [0.25, 0.3) is 0 Å². The average molecular weight is 221 g/mol. The number of hydrogen-bond donors (Lipinski definition) is 1. The highest BCUT2D eigenvalue weighted by Crippen LogP contribution is 2.20. The second kappa shape index (κ2) is 5.97. The highest BCUT2D eigenvalue weighted by Gasteiger charge is 2.21. The maximum absolute atomic E-state index is 5.82. The second-order valence-corrected chi connectivity index (χ2v) is 4.90. The van der Waals surface area contributed by atoms with Gasteiger partial charge in [0.1, 0.15) is 0 Å². The fraction of sp³-hybridized carbons (Fsp3) is 0.615. The maximum Gasteiger partial charge on any atom is 0.0271 e. The van der Waals surface area contributed by atoms with Crippen LogP contribution in [0.15, 0.2) is 24.5 Å². The van der Waals surface area contributed by atoms with Crippen LogP contribution in [0.3, 0.4) is 0 Å². The van der Waals surface area contributed by atoms with Crippen LogP contribution in [0.25, 0.3) is 0 Å². The molecule has 0 amide bonds. The van der Waals surface area contributed by atoms with Gasteiger partial charge >= 0.3 is 0 Å². The first-order valence-corrected chi connectivity index (χ1v) is 5.87. The van der Waals surface area contributed by atoms with Crippen molar-refractivity contribution in [3.8, 4) is 0 Å². The van der Waals surface area contributed by atoms with E-state index in [1.165, 1.54) is 5.56 Å². The summed E-state index contributed by atoms with van der Waals surface area (Å²) in [5.74, 6) is 0. The first kappa shape index (κ1) is 13.1. The minimum atomic E-state index is 0.224. The van der Waals surface area contributed by atoms with Crippen molar-refractivity contribution < 1.29 is 0 Å². The Balaban J connectivity index is 2.50. The third-order valence-electron chi connectivity index (χ3n) is 3.20. The van der Waals surface area contributed by atoms with Crippen LogP contribution in [0.2, 0.25) is 0 Å². The number of rotatable bonds is 6. The predicted octanol–water partition coefficient (Wildman–Crippen LogP) is 1.89. The van der Waals surface area contributed by atoms with Crippen LogP contribution >= 0.6 is 0 Å². The molecule has 1 aromatic rings.